The quantitative estimate of drug-likeness (QED) is 0.376. The molecule has 0 aliphatic heterocycles. The Hall–Kier alpha value is -2.03. The van der Waals surface area contributed by atoms with E-state index < -0.39 is 29.5 Å². The lowest BCUT2D eigenvalue weighted by Crippen LogP contribution is -2.44. The summed E-state index contributed by atoms with van der Waals surface area (Å²) < 4.78 is 17.5. The number of hydrogen-bond donors (Lipinski definition) is 0. The minimum atomic E-state index is -0.958. The van der Waals surface area contributed by atoms with Crippen molar-refractivity contribution in [3.8, 4) is 5.75 Å². The average molecular weight is 562 g/mol. The van der Waals surface area contributed by atoms with E-state index in [2.05, 4.69) is 20.9 Å². The molecule has 0 N–H and O–H groups in total. The number of nitrogens with zero attached hydrogens (tertiary/aromatic N) is 2. The third-order valence-electron chi connectivity index (χ3n) is 3.87. The van der Waals surface area contributed by atoms with E-state index in [0.29, 0.717) is 25.0 Å². The van der Waals surface area contributed by atoms with Crippen molar-refractivity contribution in [3.05, 3.63) is 50.5 Å². The number of hydrogen-bond acceptors (Lipinski definition) is 6. The second kappa shape index (κ2) is 10.5. The van der Waals surface area contributed by atoms with Gasteiger partial charge in [-0.1, -0.05) is 29.3 Å². The van der Waals surface area contributed by atoms with Crippen LogP contribution in [-0.2, 0) is 9.47 Å². The van der Waals surface area contributed by atoms with Crippen LogP contribution in [0.2, 0.25) is 10.0 Å². The van der Waals surface area contributed by atoms with Gasteiger partial charge < -0.3 is 14.2 Å². The van der Waals surface area contributed by atoms with E-state index in [1.807, 2.05) is 0 Å². The Balaban J connectivity index is 2.55. The maximum absolute atomic E-state index is 13.0. The predicted octanol–water partition coefficient (Wildman–Crippen LogP) is 7.97. The molecule has 0 aliphatic rings. The van der Waals surface area contributed by atoms with Crippen molar-refractivity contribution in [3.63, 3.8) is 0 Å². The summed E-state index contributed by atoms with van der Waals surface area (Å²) in [6.45, 7) is 11.9. The van der Waals surface area contributed by atoms with Gasteiger partial charge in [-0.2, -0.15) is 4.90 Å². The Bertz CT molecular complexity index is 986. The fraction of sp³-hybridized carbons (Fsp3) is 0.435. The molecule has 0 radical (unpaired) electrons. The van der Waals surface area contributed by atoms with Crippen molar-refractivity contribution in [1.82, 2.24) is 4.98 Å². The van der Waals surface area contributed by atoms with Crippen molar-refractivity contribution < 1.29 is 23.8 Å². The van der Waals surface area contributed by atoms with E-state index in [9.17, 15) is 9.59 Å². The first kappa shape index (κ1) is 27.2. The van der Waals surface area contributed by atoms with E-state index >= 15 is 0 Å². The normalized spacial score (nSPS) is 12.7. The SMILES string of the molecule is CC(Oc1cc(Br)cnc1N(C(=O)OC(C)(C)C)C(=O)OC(C)(C)C)c1c(Cl)cccc1Cl. The molecule has 33 heavy (non-hydrogen) atoms. The van der Waals surface area contributed by atoms with Gasteiger partial charge >= 0.3 is 12.2 Å². The average Bonchev–Trinajstić information content (AvgIpc) is 2.60. The van der Waals surface area contributed by atoms with E-state index in [-0.39, 0.29) is 11.6 Å². The monoisotopic (exact) mass is 560 g/mol. The van der Waals surface area contributed by atoms with Crippen molar-refractivity contribution in [2.24, 2.45) is 0 Å². The van der Waals surface area contributed by atoms with Crippen LogP contribution in [0.5, 0.6) is 5.75 Å². The summed E-state index contributed by atoms with van der Waals surface area (Å²) in [5.41, 5.74) is -1.19. The van der Waals surface area contributed by atoms with Crippen LogP contribution in [0, 0.1) is 0 Å². The van der Waals surface area contributed by atoms with E-state index in [4.69, 9.17) is 37.4 Å². The van der Waals surface area contributed by atoms with Crippen molar-refractivity contribution in [1.29, 1.82) is 0 Å². The number of halogens is 3. The number of aromatic nitrogens is 1. The minimum absolute atomic E-state index is 0.100. The highest BCUT2D eigenvalue weighted by Gasteiger charge is 2.36. The Morgan fingerprint density at radius 3 is 1.94 bits per heavy atom. The number of imide groups is 1. The summed E-state index contributed by atoms with van der Waals surface area (Å²) in [6.07, 6.45) is -1.13. The van der Waals surface area contributed by atoms with Crippen LogP contribution in [-0.4, -0.2) is 28.4 Å². The first-order valence-corrected chi connectivity index (χ1v) is 11.7. The third kappa shape index (κ3) is 7.76. The van der Waals surface area contributed by atoms with Crippen molar-refractivity contribution in [2.75, 3.05) is 4.90 Å². The highest BCUT2D eigenvalue weighted by Crippen LogP contribution is 2.37. The number of carbonyl (C=O) groups is 2. The van der Waals surface area contributed by atoms with Gasteiger partial charge in [-0.25, -0.2) is 14.6 Å². The first-order chi connectivity index (χ1) is 15.1. The smallest absolute Gasteiger partial charge is 0.425 e. The molecule has 2 rings (SSSR count). The molecule has 7 nitrogen and oxygen atoms in total. The molecule has 1 heterocycles. The lowest BCUT2D eigenvalue weighted by molar-refractivity contribution is 0.0426. The Kier molecular flexibility index (Phi) is 8.65. The predicted molar refractivity (Wildman–Crippen MR) is 132 cm³/mol. The van der Waals surface area contributed by atoms with Crippen LogP contribution in [0.3, 0.4) is 0 Å². The molecule has 0 spiro atoms. The molecule has 1 atom stereocenters. The van der Waals surface area contributed by atoms with Gasteiger partial charge in [0, 0.05) is 26.3 Å². The third-order valence-corrected chi connectivity index (χ3v) is 4.97. The highest BCUT2D eigenvalue weighted by molar-refractivity contribution is 9.10. The van der Waals surface area contributed by atoms with Crippen LogP contribution < -0.4 is 9.64 Å². The minimum Gasteiger partial charge on any atom is -0.482 e. The molecule has 1 aromatic heterocycles. The molecule has 2 aromatic rings. The summed E-state index contributed by atoms with van der Waals surface area (Å²) in [7, 11) is 0. The van der Waals surface area contributed by atoms with E-state index in [0.717, 1.165) is 0 Å². The van der Waals surface area contributed by atoms with Gasteiger partial charge in [-0.15, -0.1) is 0 Å². The first-order valence-electron chi connectivity index (χ1n) is 10.1. The second-order valence-corrected chi connectivity index (χ2v) is 10.9. The fourth-order valence-corrected chi connectivity index (χ4v) is 3.69. The summed E-state index contributed by atoms with van der Waals surface area (Å²) in [6, 6.07) is 6.68. The molecular weight excluding hydrogens is 535 g/mol. The number of benzene rings is 1. The standard InChI is InChI=1S/C23H27BrCl2N2O5/c1-13(18-15(25)9-8-10-16(18)26)31-17-11-14(24)12-27-19(17)28(20(29)32-22(2,3)4)21(30)33-23(5,6)7/h8-13H,1-7H3. The molecule has 1 aromatic carbocycles. The number of pyridine rings is 1. The zero-order valence-electron chi connectivity index (χ0n) is 19.5. The summed E-state index contributed by atoms with van der Waals surface area (Å²) >= 11 is 16.0. The van der Waals surface area contributed by atoms with Crippen molar-refractivity contribution >= 4 is 57.1 Å². The Morgan fingerprint density at radius 1 is 1.00 bits per heavy atom. The molecule has 0 fully saturated rings. The van der Waals surface area contributed by atoms with Gasteiger partial charge in [0.15, 0.2) is 11.6 Å². The molecule has 2 amide bonds. The van der Waals surface area contributed by atoms with Crippen LogP contribution in [0.15, 0.2) is 34.9 Å². The molecule has 1 unspecified atom stereocenters. The maximum atomic E-state index is 13.0. The number of rotatable bonds is 4. The fourth-order valence-electron chi connectivity index (χ4n) is 2.68. The molecule has 180 valence electrons. The van der Waals surface area contributed by atoms with Crippen LogP contribution in [0.1, 0.15) is 60.1 Å². The Labute approximate surface area is 212 Å². The molecule has 10 heteroatoms. The topological polar surface area (TPSA) is 78.0 Å². The van der Waals surface area contributed by atoms with Gasteiger partial charge in [-0.05, 0) is 82.6 Å². The summed E-state index contributed by atoms with van der Waals surface area (Å²) in [5.74, 6) is 0.0151. The van der Waals surface area contributed by atoms with Gasteiger partial charge in [0.25, 0.3) is 0 Å². The van der Waals surface area contributed by atoms with Gasteiger partial charge in [0.05, 0.1) is 0 Å². The zero-order valence-corrected chi connectivity index (χ0v) is 22.6. The van der Waals surface area contributed by atoms with Crippen LogP contribution in [0.25, 0.3) is 0 Å². The van der Waals surface area contributed by atoms with Gasteiger partial charge in [0.2, 0.25) is 0 Å². The second-order valence-electron chi connectivity index (χ2n) is 9.17. The van der Waals surface area contributed by atoms with Crippen molar-refractivity contribution in [2.45, 2.75) is 65.8 Å². The summed E-state index contributed by atoms with van der Waals surface area (Å²) in [4.78, 5) is 31.0. The highest BCUT2D eigenvalue weighted by atomic mass is 79.9. The zero-order chi connectivity index (χ0) is 25.1. The maximum Gasteiger partial charge on any atom is 0.425 e. The van der Waals surface area contributed by atoms with E-state index in [1.165, 1.54) is 6.20 Å². The lowest BCUT2D eigenvalue weighted by Gasteiger charge is -2.29. The number of amides is 2. The summed E-state index contributed by atoms with van der Waals surface area (Å²) in [5, 5.41) is 0.825. The van der Waals surface area contributed by atoms with Gasteiger partial charge in [-0.3, -0.25) is 0 Å². The van der Waals surface area contributed by atoms with Crippen LogP contribution >= 0.6 is 39.1 Å². The molecule has 0 saturated heterocycles. The Morgan fingerprint density at radius 2 is 1.48 bits per heavy atom. The number of anilines is 1. The molecule has 0 aliphatic carbocycles. The number of carbonyl (C=O) groups excluding carboxylic acids is 2. The lowest BCUT2D eigenvalue weighted by atomic mass is 10.1. The van der Waals surface area contributed by atoms with Gasteiger partial charge in [0.1, 0.15) is 17.3 Å². The van der Waals surface area contributed by atoms with Crippen LogP contribution in [0.4, 0.5) is 15.4 Å². The molecule has 0 saturated carbocycles. The molecular formula is C23H27BrCl2N2O5. The largest absolute Gasteiger partial charge is 0.482 e. The number of ether oxygens (including phenoxy) is 3. The molecule has 0 bridgehead atoms. The van der Waals surface area contributed by atoms with E-state index in [1.54, 1.807) is 72.7 Å².